The Bertz CT molecular complexity index is 245. The van der Waals surface area contributed by atoms with E-state index in [1.807, 2.05) is 0 Å². The number of hydrogen-bond acceptors (Lipinski definition) is 1. The summed E-state index contributed by atoms with van der Waals surface area (Å²) in [5.74, 6) is 0.977. The molecular weight excluding hydrogens is 251 g/mol. The van der Waals surface area contributed by atoms with E-state index in [9.17, 15) is 0 Å². The minimum Gasteiger partial charge on any atom is -0.496 e. The first kappa shape index (κ1) is 8.84. The molecule has 1 aromatic carbocycles. The van der Waals surface area contributed by atoms with E-state index >= 15 is 0 Å². The Labute approximate surface area is 80.9 Å². The van der Waals surface area contributed by atoms with Gasteiger partial charge in [0.25, 0.3) is 0 Å². The van der Waals surface area contributed by atoms with Crippen LogP contribution < -0.4 is 4.74 Å². The molecule has 0 aliphatic heterocycles. The summed E-state index contributed by atoms with van der Waals surface area (Å²) in [6.07, 6.45) is 1.06. The maximum atomic E-state index is 5.18. The van der Waals surface area contributed by atoms with E-state index in [1.54, 1.807) is 7.11 Å². The quantitative estimate of drug-likeness (QED) is 0.744. The Morgan fingerprint density at radius 2 is 2.18 bits per heavy atom. The first-order valence-corrected chi connectivity index (χ1v) is 4.68. The van der Waals surface area contributed by atoms with Crippen molar-refractivity contribution < 1.29 is 4.74 Å². The summed E-state index contributed by atoms with van der Waals surface area (Å²) in [5.41, 5.74) is 1.32. The number of methoxy groups -OCH3 is 1. The maximum absolute atomic E-state index is 5.18. The molecule has 0 N–H and O–H groups in total. The monoisotopic (exact) mass is 262 g/mol. The van der Waals surface area contributed by atoms with E-state index in [1.165, 1.54) is 9.13 Å². The molecule has 0 bridgehead atoms. The Morgan fingerprint density at radius 1 is 1.45 bits per heavy atom. The summed E-state index contributed by atoms with van der Waals surface area (Å²) in [5, 5.41) is 0. The number of halogens is 1. The van der Waals surface area contributed by atoms with E-state index in [0.29, 0.717) is 0 Å². The predicted molar refractivity (Wildman–Crippen MR) is 55.1 cm³/mol. The zero-order chi connectivity index (χ0) is 8.27. The Morgan fingerprint density at radius 3 is 2.73 bits per heavy atom. The standard InChI is InChI=1S/C9H11IO/c1-3-7-4-5-8(10)9(6-7)11-2/h4-6H,3H2,1-2H3. The zero-order valence-electron chi connectivity index (χ0n) is 6.73. The molecule has 0 saturated heterocycles. The van der Waals surface area contributed by atoms with Crippen LogP contribution in [0.15, 0.2) is 18.2 Å². The molecular formula is C9H11IO. The summed E-state index contributed by atoms with van der Waals surface area (Å²) in [7, 11) is 1.71. The average molecular weight is 262 g/mol. The lowest BCUT2D eigenvalue weighted by atomic mass is 10.2. The molecule has 0 unspecified atom stereocenters. The van der Waals surface area contributed by atoms with Gasteiger partial charge in [-0.05, 0) is 46.7 Å². The first-order valence-electron chi connectivity index (χ1n) is 3.60. The molecule has 0 radical (unpaired) electrons. The number of hydrogen-bond donors (Lipinski definition) is 0. The Hall–Kier alpha value is -0.250. The molecule has 0 heterocycles. The van der Waals surface area contributed by atoms with Crippen LogP contribution in [0, 0.1) is 3.57 Å². The molecule has 0 atom stereocenters. The third kappa shape index (κ3) is 2.09. The lowest BCUT2D eigenvalue weighted by molar-refractivity contribution is 0.411. The molecule has 0 aliphatic carbocycles. The Kier molecular flexibility index (Phi) is 3.17. The van der Waals surface area contributed by atoms with Crippen molar-refractivity contribution in [3.05, 3.63) is 27.3 Å². The van der Waals surface area contributed by atoms with Gasteiger partial charge in [0.2, 0.25) is 0 Å². The van der Waals surface area contributed by atoms with Gasteiger partial charge in [-0.3, -0.25) is 0 Å². The third-order valence-corrected chi connectivity index (χ3v) is 2.51. The number of benzene rings is 1. The van der Waals surface area contributed by atoms with Gasteiger partial charge in [-0.15, -0.1) is 0 Å². The van der Waals surface area contributed by atoms with Gasteiger partial charge in [0, 0.05) is 0 Å². The van der Waals surface area contributed by atoms with Crippen LogP contribution in [-0.2, 0) is 6.42 Å². The summed E-state index contributed by atoms with van der Waals surface area (Å²) >= 11 is 2.27. The van der Waals surface area contributed by atoms with Gasteiger partial charge in [-0.1, -0.05) is 13.0 Å². The van der Waals surface area contributed by atoms with E-state index in [-0.39, 0.29) is 0 Å². The topological polar surface area (TPSA) is 9.23 Å². The molecule has 0 aliphatic rings. The third-order valence-electron chi connectivity index (χ3n) is 1.62. The van der Waals surface area contributed by atoms with Crippen molar-refractivity contribution in [2.75, 3.05) is 7.11 Å². The maximum Gasteiger partial charge on any atom is 0.132 e. The molecule has 2 heteroatoms. The lowest BCUT2D eigenvalue weighted by Crippen LogP contribution is -1.88. The molecule has 1 rings (SSSR count). The number of ether oxygens (including phenoxy) is 1. The Balaban J connectivity index is 3.02. The highest BCUT2D eigenvalue weighted by Gasteiger charge is 1.98. The van der Waals surface area contributed by atoms with Gasteiger partial charge < -0.3 is 4.74 Å². The van der Waals surface area contributed by atoms with Gasteiger partial charge >= 0.3 is 0 Å². The van der Waals surface area contributed by atoms with Gasteiger partial charge in [0.15, 0.2) is 0 Å². The summed E-state index contributed by atoms with van der Waals surface area (Å²) < 4.78 is 6.35. The molecule has 0 amide bonds. The smallest absolute Gasteiger partial charge is 0.132 e. The zero-order valence-corrected chi connectivity index (χ0v) is 8.88. The SMILES string of the molecule is CCc1ccc(I)c(OC)c1. The largest absolute Gasteiger partial charge is 0.496 e. The molecule has 0 fully saturated rings. The molecule has 1 nitrogen and oxygen atoms in total. The van der Waals surface area contributed by atoms with E-state index in [4.69, 9.17) is 4.74 Å². The highest BCUT2D eigenvalue weighted by atomic mass is 127. The molecule has 0 aromatic heterocycles. The van der Waals surface area contributed by atoms with Crippen LogP contribution in [0.3, 0.4) is 0 Å². The molecule has 11 heavy (non-hydrogen) atoms. The second-order valence-electron chi connectivity index (χ2n) is 2.32. The minimum atomic E-state index is 0.977. The highest BCUT2D eigenvalue weighted by molar-refractivity contribution is 14.1. The van der Waals surface area contributed by atoms with Gasteiger partial charge in [-0.25, -0.2) is 0 Å². The van der Waals surface area contributed by atoms with Crippen molar-refractivity contribution in [2.24, 2.45) is 0 Å². The van der Waals surface area contributed by atoms with E-state index < -0.39 is 0 Å². The van der Waals surface area contributed by atoms with Crippen LogP contribution in [0.1, 0.15) is 12.5 Å². The van der Waals surface area contributed by atoms with Crippen molar-refractivity contribution in [3.8, 4) is 5.75 Å². The van der Waals surface area contributed by atoms with Crippen LogP contribution in [-0.4, -0.2) is 7.11 Å². The van der Waals surface area contributed by atoms with Gasteiger partial charge in [0.1, 0.15) is 5.75 Å². The van der Waals surface area contributed by atoms with Crippen molar-refractivity contribution in [1.29, 1.82) is 0 Å². The van der Waals surface area contributed by atoms with Crippen LogP contribution in [0.4, 0.5) is 0 Å². The van der Waals surface area contributed by atoms with Crippen LogP contribution >= 0.6 is 22.6 Å². The van der Waals surface area contributed by atoms with Gasteiger partial charge in [-0.2, -0.15) is 0 Å². The second kappa shape index (κ2) is 3.95. The number of rotatable bonds is 2. The van der Waals surface area contributed by atoms with Crippen molar-refractivity contribution in [3.63, 3.8) is 0 Å². The van der Waals surface area contributed by atoms with Crippen molar-refractivity contribution >= 4 is 22.6 Å². The van der Waals surface area contributed by atoms with Crippen LogP contribution in [0.2, 0.25) is 0 Å². The summed E-state index contributed by atoms with van der Waals surface area (Å²) in [6, 6.07) is 6.30. The fraction of sp³-hybridized carbons (Fsp3) is 0.333. The minimum absolute atomic E-state index is 0.977. The summed E-state index contributed by atoms with van der Waals surface area (Å²) in [6.45, 7) is 2.14. The number of aryl methyl sites for hydroxylation is 1. The normalized spacial score (nSPS) is 9.73. The van der Waals surface area contributed by atoms with Crippen LogP contribution in [0.5, 0.6) is 5.75 Å². The molecule has 0 spiro atoms. The fourth-order valence-corrected chi connectivity index (χ4v) is 1.48. The fourth-order valence-electron chi connectivity index (χ4n) is 0.924. The van der Waals surface area contributed by atoms with E-state index in [2.05, 4.69) is 47.7 Å². The van der Waals surface area contributed by atoms with Crippen molar-refractivity contribution in [2.45, 2.75) is 13.3 Å². The highest BCUT2D eigenvalue weighted by Crippen LogP contribution is 2.21. The summed E-state index contributed by atoms with van der Waals surface area (Å²) in [4.78, 5) is 0. The second-order valence-corrected chi connectivity index (χ2v) is 3.48. The van der Waals surface area contributed by atoms with Gasteiger partial charge in [0.05, 0.1) is 10.7 Å². The average Bonchev–Trinajstić information content (AvgIpc) is 2.05. The molecule has 60 valence electrons. The lowest BCUT2D eigenvalue weighted by Gasteiger charge is -2.04. The van der Waals surface area contributed by atoms with Crippen LogP contribution in [0.25, 0.3) is 0 Å². The van der Waals surface area contributed by atoms with Crippen molar-refractivity contribution in [1.82, 2.24) is 0 Å². The van der Waals surface area contributed by atoms with E-state index in [0.717, 1.165) is 12.2 Å². The molecule has 1 aromatic rings. The first-order chi connectivity index (χ1) is 5.27. The predicted octanol–water partition coefficient (Wildman–Crippen LogP) is 2.86. The molecule has 0 saturated carbocycles.